The first-order valence-corrected chi connectivity index (χ1v) is 6.80. The summed E-state index contributed by atoms with van der Waals surface area (Å²) >= 11 is 0. The van der Waals surface area contributed by atoms with E-state index in [9.17, 15) is 14.7 Å². The Bertz CT molecular complexity index is 319. The first-order valence-electron chi connectivity index (χ1n) is 6.80. The van der Waals surface area contributed by atoms with Crippen LogP contribution >= 0.6 is 0 Å². The van der Waals surface area contributed by atoms with E-state index in [0.717, 1.165) is 19.3 Å². The van der Waals surface area contributed by atoms with Gasteiger partial charge < -0.3 is 15.7 Å². The lowest BCUT2D eigenvalue weighted by molar-refractivity contribution is -0.157. The van der Waals surface area contributed by atoms with Gasteiger partial charge in [0.05, 0.1) is 6.04 Å². The summed E-state index contributed by atoms with van der Waals surface area (Å²) in [6.07, 6.45) is 3.98. The fraction of sp³-hybridized carbons (Fsp3) is 0.846. The average Bonchev–Trinajstić information content (AvgIpc) is 2.74. The summed E-state index contributed by atoms with van der Waals surface area (Å²) in [4.78, 5) is 25.4. The van der Waals surface area contributed by atoms with Gasteiger partial charge in [-0.3, -0.25) is 4.79 Å². The summed E-state index contributed by atoms with van der Waals surface area (Å²) in [7, 11) is 0. The predicted molar refractivity (Wildman–Crippen MR) is 69.1 cm³/mol. The number of amides is 1. The van der Waals surface area contributed by atoms with Crippen LogP contribution in [0, 0.1) is 0 Å². The van der Waals surface area contributed by atoms with E-state index in [-0.39, 0.29) is 5.91 Å². The molecule has 1 saturated heterocycles. The zero-order chi connectivity index (χ0) is 13.8. The van der Waals surface area contributed by atoms with Crippen LogP contribution in [0.5, 0.6) is 0 Å². The van der Waals surface area contributed by atoms with E-state index in [1.165, 1.54) is 4.90 Å². The van der Waals surface area contributed by atoms with E-state index < -0.39 is 17.6 Å². The van der Waals surface area contributed by atoms with E-state index in [4.69, 9.17) is 5.73 Å². The topological polar surface area (TPSA) is 83.6 Å². The molecule has 18 heavy (non-hydrogen) atoms. The van der Waals surface area contributed by atoms with Gasteiger partial charge in [-0.25, -0.2) is 4.79 Å². The van der Waals surface area contributed by atoms with Crippen molar-refractivity contribution >= 4 is 11.9 Å². The number of nitrogens with zero attached hydrogens (tertiary/aromatic N) is 1. The molecule has 1 rings (SSSR count). The van der Waals surface area contributed by atoms with Crippen LogP contribution in [0.2, 0.25) is 0 Å². The van der Waals surface area contributed by atoms with Gasteiger partial charge in [0, 0.05) is 6.54 Å². The molecule has 1 aliphatic rings. The number of carboxylic acids is 1. The number of likely N-dealkylation sites (tertiary alicyclic amines) is 1. The molecule has 5 heteroatoms. The zero-order valence-electron chi connectivity index (χ0n) is 11.3. The maximum atomic E-state index is 12.3. The van der Waals surface area contributed by atoms with Gasteiger partial charge in [0.15, 0.2) is 0 Å². The Balaban J connectivity index is 2.91. The number of carbonyl (C=O) groups is 2. The molecule has 1 heterocycles. The van der Waals surface area contributed by atoms with E-state index in [2.05, 4.69) is 0 Å². The number of carbonyl (C=O) groups excluding carboxylic acids is 1. The highest BCUT2D eigenvalue weighted by molar-refractivity contribution is 5.90. The Morgan fingerprint density at radius 1 is 1.39 bits per heavy atom. The molecule has 2 unspecified atom stereocenters. The molecule has 1 amide bonds. The standard InChI is InChI=1S/C13H24N2O3/c1-3-6-10(14)11(16)15-9-5-8-13(15,7-4-2)12(17)18/h10H,3-9,14H2,1-2H3,(H,17,18). The molecule has 0 aromatic carbocycles. The van der Waals surface area contributed by atoms with Crippen LogP contribution in [-0.4, -0.2) is 40.0 Å². The fourth-order valence-corrected chi connectivity index (χ4v) is 2.84. The number of aliphatic carboxylic acids is 1. The molecule has 0 aliphatic carbocycles. The minimum atomic E-state index is -1.02. The Labute approximate surface area is 108 Å². The normalized spacial score (nSPS) is 25.2. The number of hydrogen-bond donors (Lipinski definition) is 2. The Kier molecular flexibility index (Phi) is 5.14. The number of nitrogens with two attached hydrogens (primary N) is 1. The highest BCUT2D eigenvalue weighted by Gasteiger charge is 2.49. The third-order valence-electron chi connectivity index (χ3n) is 3.73. The van der Waals surface area contributed by atoms with Crippen LogP contribution in [0.15, 0.2) is 0 Å². The molecule has 0 radical (unpaired) electrons. The molecule has 1 aliphatic heterocycles. The first kappa shape index (κ1) is 15.0. The third-order valence-corrected chi connectivity index (χ3v) is 3.73. The van der Waals surface area contributed by atoms with Crippen molar-refractivity contribution in [3.63, 3.8) is 0 Å². The molecule has 0 bridgehead atoms. The van der Waals surface area contributed by atoms with Crippen LogP contribution in [0.1, 0.15) is 52.4 Å². The van der Waals surface area contributed by atoms with Crippen LogP contribution in [0.3, 0.4) is 0 Å². The molecular weight excluding hydrogens is 232 g/mol. The first-order chi connectivity index (χ1) is 8.49. The monoisotopic (exact) mass is 256 g/mol. The van der Waals surface area contributed by atoms with Gasteiger partial charge in [-0.2, -0.15) is 0 Å². The Hall–Kier alpha value is -1.10. The number of carboxylic acid groups (broad SMARTS) is 1. The largest absolute Gasteiger partial charge is 0.479 e. The van der Waals surface area contributed by atoms with Gasteiger partial charge in [-0.05, 0) is 25.7 Å². The maximum Gasteiger partial charge on any atom is 0.329 e. The van der Waals surface area contributed by atoms with Crippen molar-refractivity contribution in [2.24, 2.45) is 5.73 Å². The van der Waals surface area contributed by atoms with Crippen molar-refractivity contribution in [2.75, 3.05) is 6.54 Å². The summed E-state index contributed by atoms with van der Waals surface area (Å²) in [5.74, 6) is -1.09. The molecule has 1 fully saturated rings. The lowest BCUT2D eigenvalue weighted by Crippen LogP contribution is -2.57. The highest BCUT2D eigenvalue weighted by Crippen LogP contribution is 2.34. The molecule has 0 aromatic heterocycles. The lowest BCUT2D eigenvalue weighted by Gasteiger charge is -2.36. The lowest BCUT2D eigenvalue weighted by atomic mass is 9.90. The molecule has 5 nitrogen and oxygen atoms in total. The molecule has 0 aromatic rings. The van der Waals surface area contributed by atoms with E-state index in [1.54, 1.807) is 0 Å². The van der Waals surface area contributed by atoms with Gasteiger partial charge >= 0.3 is 5.97 Å². The van der Waals surface area contributed by atoms with Gasteiger partial charge in [-0.15, -0.1) is 0 Å². The molecule has 3 N–H and O–H groups in total. The van der Waals surface area contributed by atoms with Crippen molar-refractivity contribution in [2.45, 2.75) is 64.0 Å². The predicted octanol–water partition coefficient (Wildman–Crippen LogP) is 1.36. The second-order valence-corrected chi connectivity index (χ2v) is 5.08. The van der Waals surface area contributed by atoms with Crippen molar-refractivity contribution in [1.29, 1.82) is 0 Å². The zero-order valence-corrected chi connectivity index (χ0v) is 11.3. The minimum absolute atomic E-state index is 0.204. The summed E-state index contributed by atoms with van der Waals surface area (Å²) in [6, 6.07) is -0.566. The number of hydrogen-bond acceptors (Lipinski definition) is 3. The van der Waals surface area contributed by atoms with Crippen molar-refractivity contribution in [1.82, 2.24) is 4.90 Å². The van der Waals surface area contributed by atoms with Crippen LogP contribution in [0.25, 0.3) is 0 Å². The summed E-state index contributed by atoms with van der Waals surface area (Å²) in [6.45, 7) is 4.42. The number of rotatable bonds is 6. The van der Waals surface area contributed by atoms with Crippen molar-refractivity contribution in [3.05, 3.63) is 0 Å². The minimum Gasteiger partial charge on any atom is -0.479 e. The van der Waals surface area contributed by atoms with Gasteiger partial charge in [0.2, 0.25) is 5.91 Å². The molecule has 2 atom stereocenters. The quantitative estimate of drug-likeness (QED) is 0.751. The molecule has 104 valence electrons. The molecule has 0 saturated carbocycles. The SMILES string of the molecule is CCCC(N)C(=O)N1CCCC1(CCC)C(=O)O. The average molecular weight is 256 g/mol. The van der Waals surface area contributed by atoms with Gasteiger partial charge in [0.25, 0.3) is 0 Å². The van der Waals surface area contributed by atoms with E-state index >= 15 is 0 Å². The van der Waals surface area contributed by atoms with Gasteiger partial charge in [0.1, 0.15) is 5.54 Å². The second kappa shape index (κ2) is 6.18. The summed E-state index contributed by atoms with van der Waals surface area (Å²) in [5.41, 5.74) is 4.82. The Morgan fingerprint density at radius 3 is 2.56 bits per heavy atom. The third kappa shape index (κ3) is 2.66. The van der Waals surface area contributed by atoms with E-state index in [0.29, 0.717) is 25.8 Å². The summed E-state index contributed by atoms with van der Waals surface area (Å²) < 4.78 is 0. The molecular formula is C13H24N2O3. The van der Waals surface area contributed by atoms with Crippen LogP contribution in [-0.2, 0) is 9.59 Å². The fourth-order valence-electron chi connectivity index (χ4n) is 2.84. The molecule has 0 spiro atoms. The van der Waals surface area contributed by atoms with Crippen LogP contribution in [0.4, 0.5) is 0 Å². The maximum absolute atomic E-state index is 12.3. The summed E-state index contributed by atoms with van der Waals surface area (Å²) in [5, 5.41) is 9.49. The Morgan fingerprint density at radius 2 is 2.06 bits per heavy atom. The van der Waals surface area contributed by atoms with Crippen molar-refractivity contribution in [3.8, 4) is 0 Å². The smallest absolute Gasteiger partial charge is 0.329 e. The van der Waals surface area contributed by atoms with Gasteiger partial charge in [-0.1, -0.05) is 26.7 Å². The van der Waals surface area contributed by atoms with Crippen LogP contribution < -0.4 is 5.73 Å². The van der Waals surface area contributed by atoms with Crippen molar-refractivity contribution < 1.29 is 14.7 Å². The second-order valence-electron chi connectivity index (χ2n) is 5.08. The van der Waals surface area contributed by atoms with E-state index in [1.807, 2.05) is 13.8 Å². The highest BCUT2D eigenvalue weighted by atomic mass is 16.4.